The molecular formula is C18H22ClN3O4. The van der Waals surface area contributed by atoms with Gasteiger partial charge < -0.3 is 19.8 Å². The molecule has 3 aliphatic rings. The first-order valence-corrected chi connectivity index (χ1v) is 8.94. The van der Waals surface area contributed by atoms with Crippen molar-refractivity contribution in [3.63, 3.8) is 0 Å². The van der Waals surface area contributed by atoms with E-state index in [0.717, 1.165) is 6.42 Å². The van der Waals surface area contributed by atoms with E-state index in [0.29, 0.717) is 18.0 Å². The van der Waals surface area contributed by atoms with Gasteiger partial charge in [-0.3, -0.25) is 14.4 Å². The van der Waals surface area contributed by atoms with Crippen LogP contribution < -0.4 is 0 Å². The summed E-state index contributed by atoms with van der Waals surface area (Å²) >= 11 is 5.95. The molecule has 0 aliphatic carbocycles. The Morgan fingerprint density at radius 3 is 2.69 bits per heavy atom. The van der Waals surface area contributed by atoms with Crippen LogP contribution in [0.4, 0.5) is 0 Å². The fourth-order valence-corrected chi connectivity index (χ4v) is 3.72. The van der Waals surface area contributed by atoms with Gasteiger partial charge in [-0.05, 0) is 31.0 Å². The Morgan fingerprint density at radius 1 is 1.27 bits per heavy atom. The van der Waals surface area contributed by atoms with Crippen molar-refractivity contribution in [2.75, 3.05) is 33.7 Å². The zero-order valence-electron chi connectivity index (χ0n) is 14.8. The maximum absolute atomic E-state index is 12.9. The van der Waals surface area contributed by atoms with E-state index >= 15 is 0 Å². The molecule has 8 heteroatoms. The molecule has 1 aromatic carbocycles. The quantitative estimate of drug-likeness (QED) is 0.855. The van der Waals surface area contributed by atoms with Crippen molar-refractivity contribution in [3.8, 4) is 5.75 Å². The van der Waals surface area contributed by atoms with Crippen LogP contribution >= 0.6 is 11.6 Å². The molecule has 26 heavy (non-hydrogen) atoms. The summed E-state index contributed by atoms with van der Waals surface area (Å²) in [6, 6.07) is 4.13. The Morgan fingerprint density at radius 2 is 2.00 bits per heavy atom. The maximum atomic E-state index is 12.9. The summed E-state index contributed by atoms with van der Waals surface area (Å²) in [6.45, 7) is 0.651. The minimum absolute atomic E-state index is 0.0252. The molecule has 0 radical (unpaired) electrons. The normalized spacial score (nSPS) is 22.3. The second-order valence-corrected chi connectivity index (χ2v) is 7.49. The maximum Gasteiger partial charge on any atom is 0.257 e. The number of carbonyl (C=O) groups is 3. The minimum Gasteiger partial charge on any atom is -0.507 e. The lowest BCUT2D eigenvalue weighted by Crippen LogP contribution is -2.51. The average molecular weight is 380 g/mol. The highest BCUT2D eigenvalue weighted by molar-refractivity contribution is 6.31. The number of nitrogens with zero attached hydrogens (tertiary/aromatic N) is 3. The van der Waals surface area contributed by atoms with Gasteiger partial charge >= 0.3 is 0 Å². The minimum atomic E-state index is -0.351. The van der Waals surface area contributed by atoms with E-state index in [2.05, 4.69) is 0 Å². The van der Waals surface area contributed by atoms with Gasteiger partial charge in [0.05, 0.1) is 11.5 Å². The standard InChI is InChI=1S/C18H22ClN3O4/c1-20(2)16(24)10-22-13-5-3-11(17(22)25)8-21(9-13)18(26)14-7-12(19)4-6-15(14)23/h4,6-7,11,13,23H,3,5,8-10H2,1-2H3/t11-,13+/m0/s1. The molecular weight excluding hydrogens is 358 g/mol. The van der Waals surface area contributed by atoms with Crippen molar-refractivity contribution in [1.82, 2.24) is 14.7 Å². The summed E-state index contributed by atoms with van der Waals surface area (Å²) in [5, 5.41) is 10.4. The van der Waals surface area contributed by atoms with E-state index in [1.54, 1.807) is 23.9 Å². The summed E-state index contributed by atoms with van der Waals surface area (Å²) in [7, 11) is 3.31. The van der Waals surface area contributed by atoms with Crippen LogP contribution in [0, 0.1) is 5.92 Å². The van der Waals surface area contributed by atoms with Crippen molar-refractivity contribution in [3.05, 3.63) is 28.8 Å². The molecule has 140 valence electrons. The van der Waals surface area contributed by atoms with Crippen molar-refractivity contribution >= 4 is 29.3 Å². The highest BCUT2D eigenvalue weighted by Crippen LogP contribution is 2.31. The van der Waals surface area contributed by atoms with E-state index in [-0.39, 0.29) is 54.1 Å². The number of phenols is 1. The van der Waals surface area contributed by atoms with Gasteiger partial charge in [0.15, 0.2) is 0 Å². The fourth-order valence-electron chi connectivity index (χ4n) is 3.55. The molecule has 0 saturated carbocycles. The molecule has 4 rings (SSSR count). The SMILES string of the molecule is CN(C)C(=O)CN1C(=O)[C@H]2CC[C@@H]1CN(C(=O)c1cc(Cl)ccc1O)C2. The third-order valence-electron chi connectivity index (χ3n) is 5.07. The Hall–Kier alpha value is -2.28. The highest BCUT2D eigenvalue weighted by atomic mass is 35.5. The van der Waals surface area contributed by atoms with Crippen molar-refractivity contribution < 1.29 is 19.5 Å². The van der Waals surface area contributed by atoms with Gasteiger partial charge in [-0.1, -0.05) is 11.6 Å². The second-order valence-electron chi connectivity index (χ2n) is 7.05. The number of likely N-dealkylation sites (N-methyl/N-ethyl adjacent to an activating group) is 1. The number of phenolic OH excluding ortho intramolecular Hbond substituents is 1. The third kappa shape index (κ3) is 3.49. The molecule has 3 amide bonds. The summed E-state index contributed by atoms with van der Waals surface area (Å²) in [4.78, 5) is 42.3. The summed E-state index contributed by atoms with van der Waals surface area (Å²) in [5.41, 5.74) is 0.127. The number of benzene rings is 1. The van der Waals surface area contributed by atoms with Crippen molar-refractivity contribution in [2.24, 2.45) is 5.92 Å². The number of hydrogen-bond donors (Lipinski definition) is 1. The van der Waals surface area contributed by atoms with Crippen LogP contribution in [-0.4, -0.2) is 77.3 Å². The van der Waals surface area contributed by atoms with Gasteiger partial charge in [-0.15, -0.1) is 0 Å². The summed E-state index contributed by atoms with van der Waals surface area (Å²) in [5.74, 6) is -1.04. The van der Waals surface area contributed by atoms with E-state index in [4.69, 9.17) is 11.6 Å². The predicted octanol–water partition coefficient (Wildman–Crippen LogP) is 1.20. The zero-order chi connectivity index (χ0) is 19.0. The Kier molecular flexibility index (Phi) is 5.09. The molecule has 3 saturated heterocycles. The highest BCUT2D eigenvalue weighted by Gasteiger charge is 2.43. The van der Waals surface area contributed by atoms with Crippen LogP contribution in [0.15, 0.2) is 18.2 Å². The number of rotatable bonds is 3. The van der Waals surface area contributed by atoms with Crippen LogP contribution in [0.2, 0.25) is 5.02 Å². The molecule has 0 unspecified atom stereocenters. The Labute approximate surface area is 157 Å². The Bertz CT molecular complexity index is 752. The number of amides is 3. The zero-order valence-corrected chi connectivity index (χ0v) is 15.6. The van der Waals surface area contributed by atoms with E-state index < -0.39 is 0 Å². The fraction of sp³-hybridized carbons (Fsp3) is 0.500. The van der Waals surface area contributed by atoms with Gasteiger partial charge in [0, 0.05) is 38.2 Å². The van der Waals surface area contributed by atoms with Crippen LogP contribution in [-0.2, 0) is 9.59 Å². The summed E-state index contributed by atoms with van der Waals surface area (Å²) in [6.07, 6.45) is 1.45. The van der Waals surface area contributed by atoms with Gasteiger partial charge in [0.25, 0.3) is 5.91 Å². The van der Waals surface area contributed by atoms with E-state index in [9.17, 15) is 19.5 Å². The van der Waals surface area contributed by atoms with E-state index in [1.165, 1.54) is 23.1 Å². The molecule has 1 N–H and O–H groups in total. The van der Waals surface area contributed by atoms with Gasteiger partial charge in [-0.25, -0.2) is 0 Å². The second kappa shape index (κ2) is 7.15. The van der Waals surface area contributed by atoms with Crippen molar-refractivity contribution in [1.29, 1.82) is 0 Å². The lowest BCUT2D eigenvalue weighted by molar-refractivity contribution is -0.145. The van der Waals surface area contributed by atoms with Gasteiger partial charge in [-0.2, -0.15) is 0 Å². The van der Waals surface area contributed by atoms with Crippen LogP contribution in [0.3, 0.4) is 0 Å². The lowest BCUT2D eigenvalue weighted by atomic mass is 9.94. The van der Waals surface area contributed by atoms with Crippen LogP contribution in [0.5, 0.6) is 5.75 Å². The average Bonchev–Trinajstić information content (AvgIpc) is 2.89. The largest absolute Gasteiger partial charge is 0.507 e. The molecule has 7 nitrogen and oxygen atoms in total. The number of piperidine rings is 1. The molecule has 1 aromatic rings. The van der Waals surface area contributed by atoms with Crippen LogP contribution in [0.25, 0.3) is 0 Å². The van der Waals surface area contributed by atoms with Gasteiger partial charge in [0.2, 0.25) is 11.8 Å². The number of carbonyl (C=O) groups excluding carboxylic acids is 3. The van der Waals surface area contributed by atoms with Crippen LogP contribution in [0.1, 0.15) is 23.2 Å². The molecule has 3 aliphatic heterocycles. The molecule has 2 bridgehead atoms. The smallest absolute Gasteiger partial charge is 0.257 e. The molecule has 3 fully saturated rings. The lowest BCUT2D eigenvalue weighted by Gasteiger charge is -2.35. The van der Waals surface area contributed by atoms with Crippen molar-refractivity contribution in [2.45, 2.75) is 18.9 Å². The monoisotopic (exact) mass is 379 g/mol. The van der Waals surface area contributed by atoms with E-state index in [1.807, 2.05) is 0 Å². The molecule has 0 aromatic heterocycles. The van der Waals surface area contributed by atoms with Gasteiger partial charge in [0.1, 0.15) is 12.3 Å². The Balaban J connectivity index is 1.83. The number of fused-ring (bicyclic) bond motifs is 4. The molecule has 2 atom stereocenters. The molecule has 3 heterocycles. The topological polar surface area (TPSA) is 81.2 Å². The predicted molar refractivity (Wildman–Crippen MR) is 95.9 cm³/mol. The number of aromatic hydroxyl groups is 1. The number of halogens is 1. The molecule has 0 spiro atoms. The summed E-state index contributed by atoms with van der Waals surface area (Å²) < 4.78 is 0. The number of hydrogen-bond acceptors (Lipinski definition) is 4. The first kappa shape index (κ1) is 18.5. The first-order valence-electron chi connectivity index (χ1n) is 8.56. The third-order valence-corrected chi connectivity index (χ3v) is 5.31. The first-order chi connectivity index (χ1) is 12.3.